The zero-order valence-electron chi connectivity index (χ0n) is 7.75. The third-order valence-electron chi connectivity index (χ3n) is 2.73. The Bertz CT molecular complexity index is 327. The zero-order valence-corrected chi connectivity index (χ0v) is 7.75. The van der Waals surface area contributed by atoms with E-state index in [0.29, 0.717) is 5.56 Å². The van der Waals surface area contributed by atoms with Gasteiger partial charge in [-0.25, -0.2) is 0 Å². The van der Waals surface area contributed by atoms with Crippen molar-refractivity contribution >= 4 is 0 Å². The quantitative estimate of drug-likeness (QED) is 0.726. The van der Waals surface area contributed by atoms with Crippen LogP contribution in [0.1, 0.15) is 30.9 Å². The third-order valence-corrected chi connectivity index (χ3v) is 2.73. The summed E-state index contributed by atoms with van der Waals surface area (Å²) in [5, 5.41) is 19.6. The average molecular weight is 178 g/mol. The first-order chi connectivity index (χ1) is 6.17. The molecule has 2 nitrogen and oxygen atoms in total. The van der Waals surface area contributed by atoms with Gasteiger partial charge in [0.1, 0.15) is 5.75 Å². The lowest BCUT2D eigenvalue weighted by Gasteiger charge is -2.12. The number of aliphatic hydroxyl groups is 1. The normalized spacial score (nSPS) is 18.6. The summed E-state index contributed by atoms with van der Waals surface area (Å²) in [7, 11) is 0. The molecule has 1 saturated carbocycles. The van der Waals surface area contributed by atoms with Crippen molar-refractivity contribution in [3.63, 3.8) is 0 Å². The van der Waals surface area contributed by atoms with Crippen LogP contribution < -0.4 is 0 Å². The van der Waals surface area contributed by atoms with Crippen LogP contribution in [-0.2, 0) is 12.0 Å². The summed E-state index contributed by atoms with van der Waals surface area (Å²) in [6, 6.07) is 5.59. The molecule has 2 heteroatoms. The van der Waals surface area contributed by atoms with Gasteiger partial charge in [0, 0.05) is 5.56 Å². The van der Waals surface area contributed by atoms with Gasteiger partial charge in [-0.1, -0.05) is 25.1 Å². The zero-order chi connectivity index (χ0) is 9.47. The Morgan fingerprint density at radius 3 is 2.62 bits per heavy atom. The van der Waals surface area contributed by atoms with E-state index in [-0.39, 0.29) is 5.75 Å². The molecule has 0 heterocycles. The lowest BCUT2D eigenvalue weighted by atomic mass is 10.0. The van der Waals surface area contributed by atoms with Crippen LogP contribution >= 0.6 is 0 Å². The van der Waals surface area contributed by atoms with Gasteiger partial charge in [-0.3, -0.25) is 0 Å². The lowest BCUT2D eigenvalue weighted by molar-refractivity contribution is 0.147. The summed E-state index contributed by atoms with van der Waals surface area (Å²) in [5.74, 6) is 0.282. The minimum absolute atomic E-state index is 0.282. The molecule has 1 aromatic carbocycles. The maximum Gasteiger partial charge on any atom is 0.124 e. The second kappa shape index (κ2) is 2.74. The molecule has 0 amide bonds. The van der Waals surface area contributed by atoms with Gasteiger partial charge >= 0.3 is 0 Å². The minimum Gasteiger partial charge on any atom is -0.507 e. The highest BCUT2D eigenvalue weighted by Crippen LogP contribution is 2.49. The third kappa shape index (κ3) is 1.31. The van der Waals surface area contributed by atoms with Crippen LogP contribution in [0.5, 0.6) is 5.75 Å². The molecule has 0 bridgehead atoms. The van der Waals surface area contributed by atoms with E-state index in [1.165, 1.54) is 0 Å². The van der Waals surface area contributed by atoms with Crippen LogP contribution in [0.3, 0.4) is 0 Å². The predicted molar refractivity (Wildman–Crippen MR) is 50.6 cm³/mol. The van der Waals surface area contributed by atoms with E-state index >= 15 is 0 Å². The van der Waals surface area contributed by atoms with E-state index in [1.807, 2.05) is 25.1 Å². The summed E-state index contributed by atoms with van der Waals surface area (Å²) >= 11 is 0. The van der Waals surface area contributed by atoms with Gasteiger partial charge in [-0.05, 0) is 24.8 Å². The van der Waals surface area contributed by atoms with Gasteiger partial charge in [-0.2, -0.15) is 0 Å². The number of hydrogen-bond acceptors (Lipinski definition) is 2. The number of aryl methyl sites for hydroxylation is 1. The first-order valence-electron chi connectivity index (χ1n) is 4.71. The smallest absolute Gasteiger partial charge is 0.124 e. The number of rotatable bonds is 2. The molecule has 1 aliphatic rings. The van der Waals surface area contributed by atoms with Crippen molar-refractivity contribution in [3.05, 3.63) is 29.3 Å². The molecule has 0 aliphatic heterocycles. The van der Waals surface area contributed by atoms with Gasteiger partial charge in [0.05, 0.1) is 5.60 Å². The lowest BCUT2D eigenvalue weighted by Crippen LogP contribution is -2.05. The van der Waals surface area contributed by atoms with Gasteiger partial charge in [-0.15, -0.1) is 0 Å². The Morgan fingerprint density at radius 1 is 1.38 bits per heavy atom. The molecule has 2 N–H and O–H groups in total. The molecular formula is C11H14O2. The minimum atomic E-state index is -0.727. The van der Waals surface area contributed by atoms with Gasteiger partial charge < -0.3 is 10.2 Å². The SMILES string of the molecule is CCc1cccc(C2(O)CC2)c1O. The number of hydrogen-bond donors (Lipinski definition) is 2. The summed E-state index contributed by atoms with van der Waals surface area (Å²) < 4.78 is 0. The van der Waals surface area contributed by atoms with Crippen molar-refractivity contribution in [2.75, 3.05) is 0 Å². The van der Waals surface area contributed by atoms with Crippen LogP contribution in [0.4, 0.5) is 0 Å². The van der Waals surface area contributed by atoms with Crippen LogP contribution in [0.2, 0.25) is 0 Å². The number of para-hydroxylation sites is 1. The molecule has 0 atom stereocenters. The van der Waals surface area contributed by atoms with Crippen molar-refractivity contribution < 1.29 is 10.2 Å². The number of aromatic hydroxyl groups is 1. The van der Waals surface area contributed by atoms with E-state index in [0.717, 1.165) is 24.8 Å². The van der Waals surface area contributed by atoms with E-state index < -0.39 is 5.60 Å². The standard InChI is InChI=1S/C11H14O2/c1-2-8-4-3-5-9(10(8)12)11(13)6-7-11/h3-5,12-13H,2,6-7H2,1H3. The molecule has 0 spiro atoms. The van der Waals surface area contributed by atoms with E-state index in [9.17, 15) is 10.2 Å². The summed E-state index contributed by atoms with van der Waals surface area (Å²) in [4.78, 5) is 0. The molecule has 0 radical (unpaired) electrons. The first-order valence-corrected chi connectivity index (χ1v) is 4.71. The molecular weight excluding hydrogens is 164 g/mol. The highest BCUT2D eigenvalue weighted by molar-refractivity contribution is 5.45. The topological polar surface area (TPSA) is 40.5 Å². The molecule has 13 heavy (non-hydrogen) atoms. The van der Waals surface area contributed by atoms with Crippen molar-refractivity contribution in [1.29, 1.82) is 0 Å². The van der Waals surface area contributed by atoms with E-state index in [2.05, 4.69) is 0 Å². The molecule has 1 fully saturated rings. The predicted octanol–water partition coefficient (Wildman–Crippen LogP) is 1.94. The van der Waals surface area contributed by atoms with Gasteiger partial charge in [0.15, 0.2) is 0 Å². The summed E-state index contributed by atoms with van der Waals surface area (Å²) in [5.41, 5.74) is 0.889. The fraction of sp³-hybridized carbons (Fsp3) is 0.455. The van der Waals surface area contributed by atoms with Crippen molar-refractivity contribution in [2.24, 2.45) is 0 Å². The molecule has 0 saturated heterocycles. The molecule has 0 aromatic heterocycles. The monoisotopic (exact) mass is 178 g/mol. The fourth-order valence-corrected chi connectivity index (χ4v) is 1.64. The van der Waals surface area contributed by atoms with Gasteiger partial charge in [0.25, 0.3) is 0 Å². The molecule has 1 aromatic rings. The molecule has 70 valence electrons. The molecule has 2 rings (SSSR count). The number of phenolic OH excluding ortho intramolecular Hbond substituents is 1. The van der Waals surface area contributed by atoms with Crippen LogP contribution in [-0.4, -0.2) is 10.2 Å². The summed E-state index contributed by atoms with van der Waals surface area (Å²) in [6.07, 6.45) is 2.34. The van der Waals surface area contributed by atoms with Gasteiger partial charge in [0.2, 0.25) is 0 Å². The van der Waals surface area contributed by atoms with Crippen LogP contribution in [0.15, 0.2) is 18.2 Å². The highest BCUT2D eigenvalue weighted by atomic mass is 16.3. The van der Waals surface area contributed by atoms with Crippen molar-refractivity contribution in [2.45, 2.75) is 31.8 Å². The number of benzene rings is 1. The number of phenols is 1. The van der Waals surface area contributed by atoms with Crippen molar-refractivity contribution in [1.82, 2.24) is 0 Å². The molecule has 1 aliphatic carbocycles. The Morgan fingerprint density at radius 2 is 2.08 bits per heavy atom. The maximum atomic E-state index is 9.84. The fourth-order valence-electron chi connectivity index (χ4n) is 1.64. The Hall–Kier alpha value is -1.02. The average Bonchev–Trinajstić information content (AvgIpc) is 2.85. The second-order valence-electron chi connectivity index (χ2n) is 3.70. The highest BCUT2D eigenvalue weighted by Gasteiger charge is 2.44. The maximum absolute atomic E-state index is 9.84. The molecule has 0 unspecified atom stereocenters. The first kappa shape index (κ1) is 8.57. The Kier molecular flexibility index (Phi) is 1.81. The Balaban J connectivity index is 2.46. The van der Waals surface area contributed by atoms with E-state index in [4.69, 9.17) is 0 Å². The van der Waals surface area contributed by atoms with Crippen LogP contribution in [0.25, 0.3) is 0 Å². The van der Waals surface area contributed by atoms with E-state index in [1.54, 1.807) is 0 Å². The largest absolute Gasteiger partial charge is 0.507 e. The summed E-state index contributed by atoms with van der Waals surface area (Å²) in [6.45, 7) is 2.00. The Labute approximate surface area is 77.8 Å². The van der Waals surface area contributed by atoms with Crippen molar-refractivity contribution in [3.8, 4) is 5.75 Å². The second-order valence-corrected chi connectivity index (χ2v) is 3.70. The van der Waals surface area contributed by atoms with Crippen LogP contribution in [0, 0.1) is 0 Å².